The number of carbonyl (C=O) groups is 1. The Morgan fingerprint density at radius 2 is 2.27 bits per heavy atom. The van der Waals surface area contributed by atoms with Crippen LogP contribution in [0.15, 0.2) is 0 Å². The highest BCUT2D eigenvalue weighted by molar-refractivity contribution is 5.69. The summed E-state index contributed by atoms with van der Waals surface area (Å²) in [6.45, 7) is 1.69. The predicted molar refractivity (Wildman–Crippen MR) is 40.9 cm³/mol. The van der Waals surface area contributed by atoms with Crippen LogP contribution < -0.4 is 0 Å². The molecule has 0 spiro atoms. The van der Waals surface area contributed by atoms with Gasteiger partial charge in [0.2, 0.25) is 0 Å². The molecule has 11 heavy (non-hydrogen) atoms. The van der Waals surface area contributed by atoms with Gasteiger partial charge in [-0.15, -0.1) is 0 Å². The summed E-state index contributed by atoms with van der Waals surface area (Å²) < 4.78 is 0. The second-order valence-electron chi connectivity index (χ2n) is 2.64. The van der Waals surface area contributed by atoms with Crippen molar-refractivity contribution in [1.82, 2.24) is 0 Å². The van der Waals surface area contributed by atoms with Crippen LogP contribution >= 0.6 is 0 Å². The summed E-state index contributed by atoms with van der Waals surface area (Å²) in [4.78, 5) is 10.3. The van der Waals surface area contributed by atoms with E-state index in [1.54, 1.807) is 6.92 Å². The van der Waals surface area contributed by atoms with Gasteiger partial charge in [0.25, 0.3) is 0 Å². The van der Waals surface area contributed by atoms with Gasteiger partial charge in [-0.05, 0) is 12.8 Å². The zero-order valence-corrected chi connectivity index (χ0v) is 6.71. The highest BCUT2D eigenvalue weighted by Gasteiger charge is 2.08. The number of unbranched alkanes of at least 4 members (excludes halogenated alkanes) is 2. The SMILES string of the molecule is C[C@H](CCCCC#N)C(=O)O. The molecular formula is C8H13NO2. The third-order valence-corrected chi connectivity index (χ3v) is 1.60. The molecule has 0 aromatic rings. The van der Waals surface area contributed by atoms with Crippen LogP contribution in [-0.4, -0.2) is 11.1 Å². The molecule has 0 bridgehead atoms. The van der Waals surface area contributed by atoms with Crippen molar-refractivity contribution < 1.29 is 9.90 Å². The number of carboxylic acids is 1. The lowest BCUT2D eigenvalue weighted by Crippen LogP contribution is -2.08. The Balaban J connectivity index is 3.26. The number of rotatable bonds is 5. The van der Waals surface area contributed by atoms with E-state index in [4.69, 9.17) is 10.4 Å². The molecule has 0 aromatic carbocycles. The molecule has 1 N–H and O–H groups in total. The smallest absolute Gasteiger partial charge is 0.306 e. The topological polar surface area (TPSA) is 61.1 Å². The second kappa shape index (κ2) is 5.72. The summed E-state index contributed by atoms with van der Waals surface area (Å²) in [7, 11) is 0. The van der Waals surface area contributed by atoms with E-state index in [-0.39, 0.29) is 5.92 Å². The third kappa shape index (κ3) is 5.41. The molecule has 0 aromatic heterocycles. The molecule has 0 saturated carbocycles. The average molecular weight is 155 g/mol. The minimum atomic E-state index is -0.748. The van der Waals surface area contributed by atoms with Gasteiger partial charge < -0.3 is 5.11 Å². The molecule has 0 aliphatic heterocycles. The Labute approximate surface area is 66.6 Å². The Kier molecular flexibility index (Phi) is 5.18. The molecule has 0 rings (SSSR count). The molecule has 0 aliphatic rings. The first-order valence-corrected chi connectivity index (χ1v) is 3.78. The van der Waals surface area contributed by atoms with E-state index in [0.717, 1.165) is 12.8 Å². The molecule has 1 atom stereocenters. The van der Waals surface area contributed by atoms with Crippen LogP contribution in [0.1, 0.15) is 32.6 Å². The van der Waals surface area contributed by atoms with E-state index in [1.807, 2.05) is 6.07 Å². The van der Waals surface area contributed by atoms with Gasteiger partial charge in [-0.1, -0.05) is 13.3 Å². The highest BCUT2D eigenvalue weighted by atomic mass is 16.4. The van der Waals surface area contributed by atoms with Gasteiger partial charge in [-0.25, -0.2) is 0 Å². The Morgan fingerprint density at radius 1 is 1.64 bits per heavy atom. The standard InChI is InChI=1S/C8H13NO2/c1-7(8(10)11)5-3-2-4-6-9/h7H,2-5H2,1H3,(H,10,11)/t7-/m1/s1. The fourth-order valence-electron chi connectivity index (χ4n) is 0.778. The number of carboxylic acid groups (broad SMARTS) is 1. The first-order valence-electron chi connectivity index (χ1n) is 3.78. The van der Waals surface area contributed by atoms with Gasteiger partial charge in [0.15, 0.2) is 0 Å². The molecule has 62 valence electrons. The summed E-state index contributed by atoms with van der Waals surface area (Å²) in [5, 5.41) is 16.6. The van der Waals surface area contributed by atoms with Gasteiger partial charge in [0.05, 0.1) is 12.0 Å². The minimum Gasteiger partial charge on any atom is -0.481 e. The fraction of sp³-hybridized carbons (Fsp3) is 0.750. The molecule has 3 nitrogen and oxygen atoms in total. The lowest BCUT2D eigenvalue weighted by atomic mass is 10.0. The highest BCUT2D eigenvalue weighted by Crippen LogP contribution is 2.08. The van der Waals surface area contributed by atoms with Crippen LogP contribution in [0, 0.1) is 17.2 Å². The van der Waals surface area contributed by atoms with E-state index < -0.39 is 5.97 Å². The summed E-state index contributed by atoms with van der Waals surface area (Å²) in [5.41, 5.74) is 0. The van der Waals surface area contributed by atoms with Crippen LogP contribution in [0.5, 0.6) is 0 Å². The molecule has 0 radical (unpaired) electrons. The van der Waals surface area contributed by atoms with E-state index in [9.17, 15) is 4.79 Å². The monoisotopic (exact) mass is 155 g/mol. The van der Waals surface area contributed by atoms with Crippen LogP contribution in [-0.2, 0) is 4.79 Å². The molecule has 0 aliphatic carbocycles. The lowest BCUT2D eigenvalue weighted by Gasteiger charge is -2.02. The molecule has 0 fully saturated rings. The first kappa shape index (κ1) is 9.96. The van der Waals surface area contributed by atoms with Crippen molar-refractivity contribution in [3.8, 4) is 6.07 Å². The number of hydrogen-bond donors (Lipinski definition) is 1. The van der Waals surface area contributed by atoms with Crippen LogP contribution in [0.2, 0.25) is 0 Å². The minimum absolute atomic E-state index is 0.270. The van der Waals surface area contributed by atoms with Crippen molar-refractivity contribution in [2.45, 2.75) is 32.6 Å². The van der Waals surface area contributed by atoms with Crippen molar-refractivity contribution in [2.75, 3.05) is 0 Å². The maximum atomic E-state index is 10.3. The van der Waals surface area contributed by atoms with Crippen LogP contribution in [0.3, 0.4) is 0 Å². The maximum absolute atomic E-state index is 10.3. The van der Waals surface area contributed by atoms with Crippen molar-refractivity contribution in [3.05, 3.63) is 0 Å². The van der Waals surface area contributed by atoms with Gasteiger partial charge >= 0.3 is 5.97 Å². The van der Waals surface area contributed by atoms with Crippen molar-refractivity contribution in [1.29, 1.82) is 5.26 Å². The zero-order chi connectivity index (χ0) is 8.69. The predicted octanol–water partition coefficient (Wildman–Crippen LogP) is 1.79. The van der Waals surface area contributed by atoms with Crippen molar-refractivity contribution >= 4 is 5.97 Å². The van der Waals surface area contributed by atoms with E-state index in [1.165, 1.54) is 0 Å². The van der Waals surface area contributed by atoms with E-state index in [0.29, 0.717) is 12.8 Å². The summed E-state index contributed by atoms with van der Waals surface area (Å²) in [6.07, 6.45) is 2.86. The summed E-state index contributed by atoms with van der Waals surface area (Å²) >= 11 is 0. The summed E-state index contributed by atoms with van der Waals surface area (Å²) in [6, 6.07) is 2.02. The van der Waals surface area contributed by atoms with Crippen LogP contribution in [0.4, 0.5) is 0 Å². The van der Waals surface area contributed by atoms with Gasteiger partial charge in [-0.3, -0.25) is 4.79 Å². The lowest BCUT2D eigenvalue weighted by molar-refractivity contribution is -0.141. The van der Waals surface area contributed by atoms with Crippen molar-refractivity contribution in [2.24, 2.45) is 5.92 Å². The molecule has 0 heterocycles. The van der Waals surface area contributed by atoms with E-state index in [2.05, 4.69) is 0 Å². The third-order valence-electron chi connectivity index (χ3n) is 1.60. The first-order chi connectivity index (χ1) is 5.18. The fourth-order valence-corrected chi connectivity index (χ4v) is 0.778. The Morgan fingerprint density at radius 3 is 2.73 bits per heavy atom. The quantitative estimate of drug-likeness (QED) is 0.615. The second-order valence-corrected chi connectivity index (χ2v) is 2.64. The molecule has 3 heteroatoms. The molecule has 0 amide bonds. The zero-order valence-electron chi connectivity index (χ0n) is 6.71. The largest absolute Gasteiger partial charge is 0.481 e. The van der Waals surface area contributed by atoms with Gasteiger partial charge in [-0.2, -0.15) is 5.26 Å². The van der Waals surface area contributed by atoms with Gasteiger partial charge in [0.1, 0.15) is 0 Å². The number of nitriles is 1. The number of hydrogen-bond acceptors (Lipinski definition) is 2. The maximum Gasteiger partial charge on any atom is 0.306 e. The van der Waals surface area contributed by atoms with E-state index >= 15 is 0 Å². The normalized spacial score (nSPS) is 12.0. The molecule has 0 unspecified atom stereocenters. The Hall–Kier alpha value is -1.04. The molecule has 0 saturated heterocycles. The van der Waals surface area contributed by atoms with Crippen molar-refractivity contribution in [3.63, 3.8) is 0 Å². The van der Waals surface area contributed by atoms with Gasteiger partial charge in [0, 0.05) is 6.42 Å². The average Bonchev–Trinajstić information content (AvgIpc) is 1.97. The van der Waals surface area contributed by atoms with Crippen LogP contribution in [0.25, 0.3) is 0 Å². The summed E-state index contributed by atoms with van der Waals surface area (Å²) in [5.74, 6) is -1.02. The number of aliphatic carboxylic acids is 1. The molecular weight excluding hydrogens is 142 g/mol. The number of nitrogens with zero attached hydrogens (tertiary/aromatic N) is 1. The Bertz CT molecular complexity index is 160.